The van der Waals surface area contributed by atoms with Gasteiger partial charge < -0.3 is 15.5 Å². The van der Waals surface area contributed by atoms with Gasteiger partial charge in [-0.15, -0.1) is 0 Å². The molecule has 2 unspecified atom stereocenters. The molecule has 3 aromatic carbocycles. The maximum absolute atomic E-state index is 14.3. The normalized spacial score (nSPS) is 23.4. The molecule has 2 N–H and O–H groups in total. The van der Waals surface area contributed by atoms with E-state index in [4.69, 9.17) is 0 Å². The third kappa shape index (κ3) is 3.27. The first kappa shape index (κ1) is 19.7. The van der Waals surface area contributed by atoms with E-state index in [1.165, 1.54) is 18.9 Å². The van der Waals surface area contributed by atoms with Gasteiger partial charge in [0.25, 0.3) is 5.91 Å². The van der Waals surface area contributed by atoms with Crippen molar-refractivity contribution in [2.75, 3.05) is 18.0 Å². The number of carbonyl (C=O) groups excluding carboxylic acids is 1. The van der Waals surface area contributed by atoms with Crippen LogP contribution in [0.5, 0.6) is 0 Å². The molecule has 6 rings (SSSR count). The molecule has 2 saturated heterocycles. The number of aryl methyl sites for hydroxylation is 1. The van der Waals surface area contributed by atoms with E-state index >= 15 is 0 Å². The van der Waals surface area contributed by atoms with Gasteiger partial charge in [-0.1, -0.05) is 36.4 Å². The Morgan fingerprint density at radius 3 is 2.47 bits per heavy atom. The lowest BCUT2D eigenvalue weighted by Gasteiger charge is -2.35. The molecule has 2 bridgehead atoms. The Kier molecular flexibility index (Phi) is 4.51. The molecule has 3 fully saturated rings. The number of benzene rings is 3. The highest BCUT2D eigenvalue weighted by Gasteiger charge is 2.47. The Bertz CT molecular complexity index is 1210. The van der Waals surface area contributed by atoms with E-state index in [1.54, 1.807) is 6.07 Å². The van der Waals surface area contributed by atoms with Crippen LogP contribution in [0.2, 0.25) is 0 Å². The quantitative estimate of drug-likeness (QED) is 0.635. The first-order chi connectivity index (χ1) is 15.5. The third-order valence-corrected chi connectivity index (χ3v) is 7.54. The zero-order chi connectivity index (χ0) is 21.9. The van der Waals surface area contributed by atoms with Gasteiger partial charge in [-0.25, -0.2) is 4.39 Å². The van der Waals surface area contributed by atoms with Crippen molar-refractivity contribution in [1.82, 2.24) is 10.6 Å². The second-order valence-electron chi connectivity index (χ2n) is 9.72. The summed E-state index contributed by atoms with van der Waals surface area (Å²) in [6.45, 7) is 3.98. The van der Waals surface area contributed by atoms with Crippen LogP contribution in [0.4, 0.5) is 10.1 Å². The van der Waals surface area contributed by atoms with Crippen LogP contribution in [0, 0.1) is 12.7 Å². The van der Waals surface area contributed by atoms with Gasteiger partial charge in [0.05, 0.1) is 5.54 Å². The second-order valence-corrected chi connectivity index (χ2v) is 9.72. The van der Waals surface area contributed by atoms with Crippen LogP contribution in [0.15, 0.2) is 54.6 Å². The van der Waals surface area contributed by atoms with E-state index in [9.17, 15) is 9.18 Å². The number of hydrogen-bond acceptors (Lipinski definition) is 3. The van der Waals surface area contributed by atoms with Crippen molar-refractivity contribution in [1.29, 1.82) is 0 Å². The van der Waals surface area contributed by atoms with E-state index in [-0.39, 0.29) is 11.7 Å². The molecule has 4 nitrogen and oxygen atoms in total. The lowest BCUT2D eigenvalue weighted by molar-refractivity contribution is 0.0930. The van der Waals surface area contributed by atoms with Crippen LogP contribution in [0.3, 0.4) is 0 Å². The molecule has 164 valence electrons. The second kappa shape index (κ2) is 7.31. The van der Waals surface area contributed by atoms with E-state index in [2.05, 4.69) is 27.7 Å². The van der Waals surface area contributed by atoms with Crippen molar-refractivity contribution in [3.05, 3.63) is 77.1 Å². The number of nitrogens with zero attached hydrogens (tertiary/aromatic N) is 1. The minimum absolute atomic E-state index is 0.0478. The van der Waals surface area contributed by atoms with Crippen molar-refractivity contribution < 1.29 is 9.18 Å². The number of fused-ring (bicyclic) bond motifs is 3. The molecule has 2 atom stereocenters. The molecule has 2 heterocycles. The molecule has 2 aliphatic heterocycles. The van der Waals surface area contributed by atoms with Crippen LogP contribution in [-0.2, 0) is 5.54 Å². The van der Waals surface area contributed by atoms with Gasteiger partial charge in [0.1, 0.15) is 5.82 Å². The molecule has 3 aliphatic rings. The summed E-state index contributed by atoms with van der Waals surface area (Å²) in [5.74, 6) is -0.270. The van der Waals surface area contributed by atoms with Crippen LogP contribution in [0.1, 0.15) is 47.2 Å². The molecule has 1 saturated carbocycles. The SMILES string of the molecule is Cc1ccc(N2CC3CCC(C2)N3)cc1C(=O)NC1(c2ccc(F)c3ccccc23)CC1. The predicted molar refractivity (Wildman–Crippen MR) is 126 cm³/mol. The minimum Gasteiger partial charge on any atom is -0.368 e. The highest BCUT2D eigenvalue weighted by atomic mass is 19.1. The van der Waals surface area contributed by atoms with E-state index in [0.29, 0.717) is 17.5 Å². The Hall–Kier alpha value is -2.92. The summed E-state index contributed by atoms with van der Waals surface area (Å²) in [5, 5.41) is 8.48. The number of nitrogens with one attached hydrogen (secondary N) is 2. The van der Waals surface area contributed by atoms with Crippen LogP contribution in [-0.4, -0.2) is 31.1 Å². The molecule has 0 spiro atoms. The molecule has 3 aromatic rings. The topological polar surface area (TPSA) is 44.4 Å². The Balaban J connectivity index is 1.29. The zero-order valence-electron chi connectivity index (χ0n) is 18.3. The number of carbonyl (C=O) groups is 1. The summed E-state index contributed by atoms with van der Waals surface area (Å²) in [7, 11) is 0. The van der Waals surface area contributed by atoms with Gasteiger partial charge >= 0.3 is 0 Å². The largest absolute Gasteiger partial charge is 0.368 e. The Labute approximate surface area is 187 Å². The van der Waals surface area contributed by atoms with Crippen molar-refractivity contribution in [2.24, 2.45) is 0 Å². The molecule has 5 heteroatoms. The predicted octanol–water partition coefficient (Wildman–Crippen LogP) is 4.65. The summed E-state index contributed by atoms with van der Waals surface area (Å²) in [5.41, 5.74) is 3.42. The fourth-order valence-corrected chi connectivity index (χ4v) is 5.61. The number of halogens is 1. The zero-order valence-corrected chi connectivity index (χ0v) is 18.3. The summed E-state index contributed by atoms with van der Waals surface area (Å²) in [6, 6.07) is 18.2. The minimum atomic E-state index is -0.416. The van der Waals surface area contributed by atoms with Gasteiger partial charge in [0.15, 0.2) is 0 Å². The van der Waals surface area contributed by atoms with Gasteiger partial charge in [-0.3, -0.25) is 4.79 Å². The van der Waals surface area contributed by atoms with Gasteiger partial charge in [0.2, 0.25) is 0 Å². The first-order valence-electron chi connectivity index (χ1n) is 11.6. The summed E-state index contributed by atoms with van der Waals surface area (Å²) >= 11 is 0. The highest BCUT2D eigenvalue weighted by molar-refractivity contribution is 5.98. The average molecular weight is 430 g/mol. The van der Waals surface area contributed by atoms with Crippen LogP contribution < -0.4 is 15.5 Å². The van der Waals surface area contributed by atoms with Crippen LogP contribution in [0.25, 0.3) is 10.8 Å². The van der Waals surface area contributed by atoms with E-state index < -0.39 is 5.54 Å². The summed E-state index contributed by atoms with van der Waals surface area (Å²) in [4.78, 5) is 15.9. The molecule has 0 radical (unpaired) electrons. The number of amides is 1. The number of rotatable bonds is 4. The summed E-state index contributed by atoms with van der Waals surface area (Å²) in [6.07, 6.45) is 4.20. The number of hydrogen-bond donors (Lipinski definition) is 2. The van der Waals surface area contributed by atoms with Gasteiger partial charge in [0, 0.05) is 41.8 Å². The lowest BCUT2D eigenvalue weighted by Crippen LogP contribution is -2.51. The van der Waals surface area contributed by atoms with Crippen molar-refractivity contribution in [3.63, 3.8) is 0 Å². The third-order valence-electron chi connectivity index (χ3n) is 7.54. The lowest BCUT2D eigenvalue weighted by atomic mass is 9.96. The molecule has 0 aromatic heterocycles. The molecular formula is C27H28FN3O. The smallest absolute Gasteiger partial charge is 0.252 e. The first-order valence-corrected chi connectivity index (χ1v) is 11.6. The average Bonchev–Trinajstić information content (AvgIpc) is 3.50. The standard InChI is InChI=1S/C27H28FN3O/c1-17-6-9-20(31-15-18-7-8-19(16-31)29-18)14-23(17)26(32)30-27(12-13-27)24-10-11-25(28)22-5-3-2-4-21(22)24/h2-6,9-11,14,18-19,29H,7-8,12-13,15-16H2,1H3,(H,30,32). The van der Waals surface area contributed by atoms with Crippen molar-refractivity contribution >= 4 is 22.4 Å². The highest BCUT2D eigenvalue weighted by Crippen LogP contribution is 2.48. The van der Waals surface area contributed by atoms with Crippen molar-refractivity contribution in [2.45, 2.75) is 50.2 Å². The number of anilines is 1. The van der Waals surface area contributed by atoms with Gasteiger partial charge in [-0.2, -0.15) is 0 Å². The molecule has 1 amide bonds. The monoisotopic (exact) mass is 429 g/mol. The van der Waals surface area contributed by atoms with E-state index in [1.807, 2.05) is 37.3 Å². The maximum atomic E-state index is 14.3. The van der Waals surface area contributed by atoms with Crippen LogP contribution >= 0.6 is 0 Å². The number of piperazine rings is 1. The summed E-state index contributed by atoms with van der Waals surface area (Å²) < 4.78 is 14.3. The molecule has 32 heavy (non-hydrogen) atoms. The van der Waals surface area contributed by atoms with E-state index in [0.717, 1.165) is 53.7 Å². The Morgan fingerprint density at radius 2 is 1.75 bits per heavy atom. The maximum Gasteiger partial charge on any atom is 0.252 e. The fraction of sp³-hybridized carbons (Fsp3) is 0.370. The van der Waals surface area contributed by atoms with Crippen molar-refractivity contribution in [3.8, 4) is 0 Å². The fourth-order valence-electron chi connectivity index (χ4n) is 5.61. The molecular weight excluding hydrogens is 401 g/mol. The molecule has 1 aliphatic carbocycles. The Morgan fingerprint density at radius 1 is 1.03 bits per heavy atom. The van der Waals surface area contributed by atoms with Gasteiger partial charge in [-0.05, 0) is 67.3 Å².